The van der Waals surface area contributed by atoms with Crippen molar-refractivity contribution in [1.29, 1.82) is 0 Å². The highest BCUT2D eigenvalue weighted by Gasteiger charge is 2.32. The van der Waals surface area contributed by atoms with Crippen molar-refractivity contribution in [2.24, 2.45) is 4.99 Å². The number of nitrogens with zero attached hydrogens (tertiary/aromatic N) is 2. The lowest BCUT2D eigenvalue weighted by Gasteiger charge is -2.30. The third kappa shape index (κ3) is 4.53. The molecule has 5 heteroatoms. The van der Waals surface area contributed by atoms with Crippen LogP contribution in [-0.4, -0.2) is 4.57 Å². The molecule has 1 atom stereocenters. The van der Waals surface area contributed by atoms with Crippen molar-refractivity contribution in [2.45, 2.75) is 25.5 Å². The predicted molar refractivity (Wildman–Crippen MR) is 174 cm³/mol. The minimum atomic E-state index is -0.190. The average molecular weight is 577 g/mol. The summed E-state index contributed by atoms with van der Waals surface area (Å²) in [4.78, 5) is 20.3. The van der Waals surface area contributed by atoms with E-state index in [0.29, 0.717) is 11.1 Å². The first-order chi connectivity index (χ1) is 21.2. The maximum atomic E-state index is 14.4. The molecule has 4 nitrogen and oxygen atoms in total. The van der Waals surface area contributed by atoms with Crippen LogP contribution in [0.15, 0.2) is 137 Å². The summed E-state index contributed by atoms with van der Waals surface area (Å²) in [5, 5.41) is 2.15. The molecule has 0 bridgehead atoms. The molecule has 0 saturated carbocycles. The summed E-state index contributed by atoms with van der Waals surface area (Å²) in [6, 6.07) is 41.2. The number of benzene rings is 5. The molecule has 8 rings (SSSR count). The van der Waals surface area contributed by atoms with Crippen LogP contribution >= 0.6 is 11.3 Å². The zero-order valence-corrected chi connectivity index (χ0v) is 24.3. The van der Waals surface area contributed by atoms with Gasteiger partial charge in [-0.2, -0.15) is 0 Å². The highest BCUT2D eigenvalue weighted by Crippen LogP contribution is 2.41. The summed E-state index contributed by atoms with van der Waals surface area (Å²) in [7, 11) is 0. The Labute approximate surface area is 253 Å². The van der Waals surface area contributed by atoms with E-state index in [9.17, 15) is 4.79 Å². The van der Waals surface area contributed by atoms with Crippen LogP contribution in [0, 0.1) is 0 Å². The van der Waals surface area contributed by atoms with Gasteiger partial charge in [0.15, 0.2) is 4.80 Å². The van der Waals surface area contributed by atoms with E-state index in [0.717, 1.165) is 56.6 Å². The Hall–Kier alpha value is -5.00. The Morgan fingerprint density at radius 1 is 0.814 bits per heavy atom. The molecule has 0 radical (unpaired) electrons. The summed E-state index contributed by atoms with van der Waals surface area (Å²) in [5.41, 5.74) is 7.79. The minimum Gasteiger partial charge on any atom is -0.488 e. The molecular weight excluding hydrogens is 548 g/mol. The van der Waals surface area contributed by atoms with E-state index >= 15 is 0 Å². The Kier molecular flexibility index (Phi) is 6.38. The SMILES string of the molecule is O=c1/c(=C/c2c(OCc3ccccc3)ccc3ccccc23)sc2n1[C@@H](c1ccccc1)C1=C(N=2)c2ccccc2CC1. The Morgan fingerprint density at radius 2 is 1.56 bits per heavy atom. The molecule has 0 spiro atoms. The summed E-state index contributed by atoms with van der Waals surface area (Å²) in [6.07, 6.45) is 3.82. The van der Waals surface area contributed by atoms with E-state index in [4.69, 9.17) is 9.73 Å². The van der Waals surface area contributed by atoms with E-state index in [-0.39, 0.29) is 11.6 Å². The van der Waals surface area contributed by atoms with Gasteiger partial charge in [0.1, 0.15) is 12.4 Å². The third-order valence-electron chi connectivity index (χ3n) is 8.43. The predicted octanol–water partition coefficient (Wildman–Crippen LogP) is 7.05. The quantitative estimate of drug-likeness (QED) is 0.221. The van der Waals surface area contributed by atoms with Gasteiger partial charge < -0.3 is 4.74 Å². The number of fused-ring (bicyclic) bond motifs is 4. The normalized spacial score (nSPS) is 15.9. The molecule has 0 fully saturated rings. The number of allylic oxidation sites excluding steroid dienone is 1. The van der Waals surface area contributed by atoms with Gasteiger partial charge in [0, 0.05) is 11.1 Å². The standard InChI is InChI=1S/C38H28N2O2S/c41-37-34(23-32-29-17-9-7-13-26(29)20-22-33(32)42-24-25-11-3-1-4-12-25)43-38-39-35-30-18-10-8-14-27(30)19-21-31(35)36(40(37)38)28-15-5-2-6-16-28/h1-18,20,22-23,36H,19,21,24H2/b34-23-/t36-/m0/s1. The molecule has 0 N–H and O–H groups in total. The monoisotopic (exact) mass is 576 g/mol. The minimum absolute atomic E-state index is 0.0232. The van der Waals surface area contributed by atoms with Gasteiger partial charge in [-0.15, -0.1) is 0 Å². The topological polar surface area (TPSA) is 43.6 Å². The van der Waals surface area contributed by atoms with Gasteiger partial charge in [-0.3, -0.25) is 9.36 Å². The molecule has 208 valence electrons. The summed E-state index contributed by atoms with van der Waals surface area (Å²) >= 11 is 1.46. The maximum absolute atomic E-state index is 14.4. The number of ether oxygens (including phenoxy) is 1. The van der Waals surface area contributed by atoms with Crippen molar-refractivity contribution >= 4 is 33.9 Å². The Balaban J connectivity index is 1.33. The average Bonchev–Trinajstić information content (AvgIpc) is 3.38. The lowest BCUT2D eigenvalue weighted by molar-refractivity contribution is 0.306. The van der Waals surface area contributed by atoms with Crippen LogP contribution in [0.1, 0.15) is 40.3 Å². The fourth-order valence-corrected chi connectivity index (χ4v) is 7.36. The van der Waals surface area contributed by atoms with Crippen LogP contribution < -0.4 is 19.6 Å². The fraction of sp³-hybridized carbons (Fsp3) is 0.105. The summed E-state index contributed by atoms with van der Waals surface area (Å²) in [6.45, 7) is 0.446. The maximum Gasteiger partial charge on any atom is 0.271 e. The van der Waals surface area contributed by atoms with E-state index in [2.05, 4.69) is 78.9 Å². The number of hydrogen-bond acceptors (Lipinski definition) is 4. The van der Waals surface area contributed by atoms with E-state index in [1.165, 1.54) is 28.0 Å². The number of thiazole rings is 1. The molecule has 6 aromatic rings. The highest BCUT2D eigenvalue weighted by atomic mass is 32.1. The fourth-order valence-electron chi connectivity index (χ4n) is 6.37. The van der Waals surface area contributed by atoms with E-state index in [1.807, 2.05) is 53.1 Å². The molecule has 43 heavy (non-hydrogen) atoms. The lowest BCUT2D eigenvalue weighted by Crippen LogP contribution is -2.38. The van der Waals surface area contributed by atoms with Gasteiger partial charge in [0.25, 0.3) is 5.56 Å². The molecule has 0 unspecified atom stereocenters. The van der Waals surface area contributed by atoms with Gasteiger partial charge in [-0.05, 0) is 58.0 Å². The second kappa shape index (κ2) is 10.7. The van der Waals surface area contributed by atoms with Crippen LogP contribution in [0.25, 0.3) is 22.5 Å². The van der Waals surface area contributed by atoms with Gasteiger partial charge in [0.05, 0.1) is 16.3 Å². The lowest BCUT2D eigenvalue weighted by atomic mass is 9.83. The zero-order valence-electron chi connectivity index (χ0n) is 23.4. The molecule has 0 saturated heterocycles. The molecule has 1 aliphatic heterocycles. The third-order valence-corrected chi connectivity index (χ3v) is 9.41. The van der Waals surface area contributed by atoms with Crippen LogP contribution in [0.3, 0.4) is 0 Å². The van der Waals surface area contributed by atoms with Gasteiger partial charge >= 0.3 is 0 Å². The van der Waals surface area contributed by atoms with Crippen LogP contribution in [-0.2, 0) is 13.0 Å². The van der Waals surface area contributed by atoms with Crippen molar-refractivity contribution < 1.29 is 4.74 Å². The molecule has 1 aromatic heterocycles. The van der Waals surface area contributed by atoms with Crippen molar-refractivity contribution in [2.75, 3.05) is 0 Å². The molecular formula is C38H28N2O2S. The second-order valence-electron chi connectivity index (χ2n) is 11.0. The first-order valence-corrected chi connectivity index (χ1v) is 15.4. The van der Waals surface area contributed by atoms with Crippen molar-refractivity contribution in [3.63, 3.8) is 0 Å². The second-order valence-corrected chi connectivity index (χ2v) is 12.0. The molecule has 2 heterocycles. The highest BCUT2D eigenvalue weighted by molar-refractivity contribution is 7.07. The van der Waals surface area contributed by atoms with Crippen molar-refractivity contribution in [3.8, 4) is 5.75 Å². The smallest absolute Gasteiger partial charge is 0.271 e. The molecule has 2 aliphatic rings. The first kappa shape index (κ1) is 25.7. The number of aromatic nitrogens is 1. The summed E-state index contributed by atoms with van der Waals surface area (Å²) in [5.74, 6) is 0.751. The van der Waals surface area contributed by atoms with Crippen molar-refractivity contribution in [1.82, 2.24) is 4.57 Å². The van der Waals surface area contributed by atoms with E-state index < -0.39 is 0 Å². The van der Waals surface area contributed by atoms with Crippen molar-refractivity contribution in [3.05, 3.63) is 174 Å². The van der Waals surface area contributed by atoms with Gasteiger partial charge in [0.2, 0.25) is 0 Å². The number of hydrogen-bond donors (Lipinski definition) is 0. The Morgan fingerprint density at radius 3 is 2.42 bits per heavy atom. The van der Waals surface area contributed by atoms with Crippen LogP contribution in [0.2, 0.25) is 0 Å². The van der Waals surface area contributed by atoms with E-state index in [1.54, 1.807) is 0 Å². The zero-order chi connectivity index (χ0) is 28.8. The van der Waals surface area contributed by atoms with Crippen LogP contribution in [0.5, 0.6) is 5.75 Å². The summed E-state index contributed by atoms with van der Waals surface area (Å²) < 4.78 is 8.94. The van der Waals surface area contributed by atoms with Gasteiger partial charge in [-0.1, -0.05) is 127 Å². The molecule has 5 aromatic carbocycles. The molecule has 1 aliphatic carbocycles. The number of aryl methyl sites for hydroxylation is 1. The van der Waals surface area contributed by atoms with Crippen LogP contribution in [0.4, 0.5) is 0 Å². The Bertz CT molecular complexity index is 2210. The molecule has 0 amide bonds. The first-order valence-electron chi connectivity index (χ1n) is 14.6. The number of rotatable bonds is 5. The largest absolute Gasteiger partial charge is 0.488 e. The van der Waals surface area contributed by atoms with Gasteiger partial charge in [-0.25, -0.2) is 4.99 Å².